The van der Waals surface area contributed by atoms with E-state index in [2.05, 4.69) is 11.9 Å². The molecule has 1 unspecified atom stereocenters. The summed E-state index contributed by atoms with van der Waals surface area (Å²) < 4.78 is 0. The molecule has 1 aliphatic carbocycles. The van der Waals surface area contributed by atoms with Crippen LogP contribution in [0.4, 0.5) is 0 Å². The molecular formula is C12H15NO. The number of carbonyl (C=O) groups is 1. The molecule has 0 aromatic carbocycles. The fourth-order valence-corrected chi connectivity index (χ4v) is 2.15. The SMILES string of the molecule is Cc1ccncc1C1CCCCC1=O. The van der Waals surface area contributed by atoms with Crippen LogP contribution in [0.2, 0.25) is 0 Å². The fourth-order valence-electron chi connectivity index (χ4n) is 2.15. The zero-order chi connectivity index (χ0) is 9.97. The first-order chi connectivity index (χ1) is 6.79. The number of ketones is 1. The number of aryl methyl sites for hydroxylation is 1. The Morgan fingerprint density at radius 2 is 2.29 bits per heavy atom. The van der Waals surface area contributed by atoms with E-state index >= 15 is 0 Å². The maximum Gasteiger partial charge on any atom is 0.140 e. The number of rotatable bonds is 1. The van der Waals surface area contributed by atoms with Crippen LogP contribution < -0.4 is 0 Å². The van der Waals surface area contributed by atoms with E-state index in [1.165, 1.54) is 12.0 Å². The average Bonchev–Trinajstić information content (AvgIpc) is 2.20. The molecule has 0 bridgehead atoms. The van der Waals surface area contributed by atoms with Crippen LogP contribution in [0, 0.1) is 6.92 Å². The van der Waals surface area contributed by atoms with Crippen LogP contribution in [0.3, 0.4) is 0 Å². The number of aromatic nitrogens is 1. The molecule has 2 nitrogen and oxygen atoms in total. The van der Waals surface area contributed by atoms with E-state index in [9.17, 15) is 4.79 Å². The highest BCUT2D eigenvalue weighted by Gasteiger charge is 2.24. The van der Waals surface area contributed by atoms with E-state index in [0.717, 1.165) is 24.8 Å². The summed E-state index contributed by atoms with van der Waals surface area (Å²) in [6.45, 7) is 2.05. The Bertz CT molecular complexity index is 346. The molecule has 0 saturated heterocycles. The van der Waals surface area contributed by atoms with Crippen molar-refractivity contribution in [3.63, 3.8) is 0 Å². The third kappa shape index (κ3) is 1.69. The van der Waals surface area contributed by atoms with Gasteiger partial charge in [-0.1, -0.05) is 6.42 Å². The molecule has 2 rings (SSSR count). The standard InChI is InChI=1S/C12H15NO/c1-9-6-7-13-8-11(9)10-4-2-3-5-12(10)14/h6-8,10H,2-5H2,1H3. The predicted octanol–water partition coefficient (Wildman–Crippen LogP) is 2.62. The second-order valence-electron chi connectivity index (χ2n) is 4.00. The van der Waals surface area contributed by atoms with Gasteiger partial charge in [0.2, 0.25) is 0 Å². The summed E-state index contributed by atoms with van der Waals surface area (Å²) in [5.41, 5.74) is 2.33. The molecule has 74 valence electrons. The minimum absolute atomic E-state index is 0.123. The summed E-state index contributed by atoms with van der Waals surface area (Å²) in [5, 5.41) is 0. The van der Waals surface area contributed by atoms with Crippen molar-refractivity contribution < 1.29 is 4.79 Å². The molecule has 1 heterocycles. The van der Waals surface area contributed by atoms with Gasteiger partial charge in [0, 0.05) is 24.7 Å². The van der Waals surface area contributed by atoms with Crippen molar-refractivity contribution in [1.82, 2.24) is 4.98 Å². The van der Waals surface area contributed by atoms with Gasteiger partial charge in [0.25, 0.3) is 0 Å². The Kier molecular flexibility index (Phi) is 2.62. The molecule has 0 aliphatic heterocycles. The summed E-state index contributed by atoms with van der Waals surface area (Å²) in [6, 6.07) is 1.98. The number of carbonyl (C=O) groups excluding carboxylic acids is 1. The first-order valence-corrected chi connectivity index (χ1v) is 5.22. The summed E-state index contributed by atoms with van der Waals surface area (Å²) in [5.74, 6) is 0.518. The molecule has 1 saturated carbocycles. The largest absolute Gasteiger partial charge is 0.299 e. The molecule has 0 amide bonds. The first-order valence-electron chi connectivity index (χ1n) is 5.22. The lowest BCUT2D eigenvalue weighted by Gasteiger charge is -2.21. The maximum absolute atomic E-state index is 11.7. The molecule has 1 aromatic rings. The molecule has 1 aliphatic rings. The molecule has 0 N–H and O–H groups in total. The van der Waals surface area contributed by atoms with Gasteiger partial charge in [0.15, 0.2) is 0 Å². The van der Waals surface area contributed by atoms with Crippen molar-refractivity contribution in [1.29, 1.82) is 0 Å². The van der Waals surface area contributed by atoms with Gasteiger partial charge in [-0.05, 0) is 37.0 Å². The van der Waals surface area contributed by atoms with Crippen molar-refractivity contribution >= 4 is 5.78 Å². The quantitative estimate of drug-likeness (QED) is 0.679. The number of hydrogen-bond donors (Lipinski definition) is 0. The van der Waals surface area contributed by atoms with Gasteiger partial charge in [-0.25, -0.2) is 0 Å². The highest BCUT2D eigenvalue weighted by atomic mass is 16.1. The van der Waals surface area contributed by atoms with E-state index in [1.807, 2.05) is 12.3 Å². The topological polar surface area (TPSA) is 30.0 Å². The van der Waals surface area contributed by atoms with E-state index in [1.54, 1.807) is 6.20 Å². The van der Waals surface area contributed by atoms with Crippen LogP contribution in [-0.4, -0.2) is 10.8 Å². The summed E-state index contributed by atoms with van der Waals surface area (Å²) in [7, 11) is 0. The Hall–Kier alpha value is -1.18. The van der Waals surface area contributed by atoms with Crippen LogP contribution in [0.5, 0.6) is 0 Å². The lowest BCUT2D eigenvalue weighted by Crippen LogP contribution is -2.18. The molecule has 1 atom stereocenters. The summed E-state index contributed by atoms with van der Waals surface area (Å²) in [4.78, 5) is 15.8. The van der Waals surface area contributed by atoms with E-state index < -0.39 is 0 Å². The zero-order valence-electron chi connectivity index (χ0n) is 8.49. The van der Waals surface area contributed by atoms with Crippen molar-refractivity contribution in [2.24, 2.45) is 0 Å². The Balaban J connectivity index is 2.29. The average molecular weight is 189 g/mol. The smallest absolute Gasteiger partial charge is 0.140 e. The van der Waals surface area contributed by atoms with Crippen molar-refractivity contribution in [2.45, 2.75) is 38.5 Å². The van der Waals surface area contributed by atoms with Crippen LogP contribution >= 0.6 is 0 Å². The van der Waals surface area contributed by atoms with E-state index in [-0.39, 0.29) is 5.92 Å². The number of pyridine rings is 1. The minimum Gasteiger partial charge on any atom is -0.299 e. The highest BCUT2D eigenvalue weighted by molar-refractivity contribution is 5.86. The van der Waals surface area contributed by atoms with Crippen LogP contribution in [0.15, 0.2) is 18.5 Å². The first kappa shape index (κ1) is 9.38. The van der Waals surface area contributed by atoms with Crippen molar-refractivity contribution in [3.05, 3.63) is 29.6 Å². The van der Waals surface area contributed by atoms with Crippen LogP contribution in [0.1, 0.15) is 42.7 Å². The number of nitrogens with zero attached hydrogens (tertiary/aromatic N) is 1. The van der Waals surface area contributed by atoms with Gasteiger partial charge in [-0.2, -0.15) is 0 Å². The Morgan fingerprint density at radius 1 is 1.43 bits per heavy atom. The molecule has 0 spiro atoms. The van der Waals surface area contributed by atoms with E-state index in [0.29, 0.717) is 5.78 Å². The Labute approximate surface area is 84.4 Å². The molecule has 2 heteroatoms. The normalized spacial score (nSPS) is 22.4. The van der Waals surface area contributed by atoms with E-state index in [4.69, 9.17) is 0 Å². The molecule has 14 heavy (non-hydrogen) atoms. The van der Waals surface area contributed by atoms with Gasteiger partial charge in [0.05, 0.1) is 0 Å². The lowest BCUT2D eigenvalue weighted by molar-refractivity contribution is -0.121. The van der Waals surface area contributed by atoms with Crippen LogP contribution in [0.25, 0.3) is 0 Å². The van der Waals surface area contributed by atoms with Gasteiger partial charge < -0.3 is 0 Å². The van der Waals surface area contributed by atoms with Gasteiger partial charge >= 0.3 is 0 Å². The zero-order valence-corrected chi connectivity index (χ0v) is 8.49. The molecule has 1 aromatic heterocycles. The molecule has 0 radical (unpaired) electrons. The van der Waals surface area contributed by atoms with Gasteiger partial charge in [-0.3, -0.25) is 9.78 Å². The summed E-state index contributed by atoms with van der Waals surface area (Å²) >= 11 is 0. The van der Waals surface area contributed by atoms with Gasteiger partial charge in [0.1, 0.15) is 5.78 Å². The number of Topliss-reactive ketones (excluding diaryl/α,β-unsaturated/α-hetero) is 1. The molecular weight excluding hydrogens is 174 g/mol. The van der Waals surface area contributed by atoms with Crippen molar-refractivity contribution in [2.75, 3.05) is 0 Å². The molecule has 1 fully saturated rings. The summed E-state index contributed by atoms with van der Waals surface area (Å²) in [6.07, 6.45) is 7.62. The monoisotopic (exact) mass is 189 g/mol. The van der Waals surface area contributed by atoms with Crippen molar-refractivity contribution in [3.8, 4) is 0 Å². The maximum atomic E-state index is 11.7. The van der Waals surface area contributed by atoms with Crippen LogP contribution in [-0.2, 0) is 4.79 Å². The second-order valence-corrected chi connectivity index (χ2v) is 4.00. The Morgan fingerprint density at radius 3 is 3.00 bits per heavy atom. The third-order valence-electron chi connectivity index (χ3n) is 3.01. The lowest BCUT2D eigenvalue weighted by atomic mass is 9.82. The second kappa shape index (κ2) is 3.91. The predicted molar refractivity (Wildman–Crippen MR) is 55.2 cm³/mol. The fraction of sp³-hybridized carbons (Fsp3) is 0.500. The highest BCUT2D eigenvalue weighted by Crippen LogP contribution is 2.30. The van der Waals surface area contributed by atoms with Gasteiger partial charge in [-0.15, -0.1) is 0 Å². The minimum atomic E-state index is 0.123. The third-order valence-corrected chi connectivity index (χ3v) is 3.01. The number of hydrogen-bond acceptors (Lipinski definition) is 2.